The summed E-state index contributed by atoms with van der Waals surface area (Å²) in [6, 6.07) is -0.408. The topological polar surface area (TPSA) is 131 Å². The summed E-state index contributed by atoms with van der Waals surface area (Å²) >= 11 is 1.19. The lowest BCUT2D eigenvalue weighted by Crippen LogP contribution is -2.28. The summed E-state index contributed by atoms with van der Waals surface area (Å²) in [5.74, 6) is -0.479. The summed E-state index contributed by atoms with van der Waals surface area (Å²) < 4.78 is 0. The third-order valence-electron chi connectivity index (χ3n) is 2.97. The molecule has 0 aliphatic heterocycles. The number of fused-ring (bicyclic) bond motifs is 1. The van der Waals surface area contributed by atoms with E-state index in [0.29, 0.717) is 16.2 Å². The van der Waals surface area contributed by atoms with Crippen LogP contribution >= 0.6 is 11.3 Å². The van der Waals surface area contributed by atoms with Crippen molar-refractivity contribution in [3.05, 3.63) is 44.7 Å². The van der Waals surface area contributed by atoms with Gasteiger partial charge in [0.1, 0.15) is 16.9 Å². The Hall–Kier alpha value is -3.01. The molecule has 3 aromatic heterocycles. The molecule has 0 spiro atoms. The van der Waals surface area contributed by atoms with Crippen molar-refractivity contribution in [3.63, 3.8) is 0 Å². The second kappa shape index (κ2) is 6.01. The van der Waals surface area contributed by atoms with Gasteiger partial charge in [-0.2, -0.15) is 0 Å². The molecule has 23 heavy (non-hydrogen) atoms. The number of nitrogens with zero attached hydrogens (tertiary/aromatic N) is 4. The standard InChI is InChI=1S/C13H10N6O3S/c1-6(13-15-2-7(4-20)23-13)18-12(22)10-9-11(17-5-16-10)19-8(21)3-14-9/h2-6H,1H3,(H,18,22)(H,16,17,19,21). The lowest BCUT2D eigenvalue weighted by molar-refractivity contribution is 0.0936. The van der Waals surface area contributed by atoms with Gasteiger partial charge in [-0.1, -0.05) is 0 Å². The Balaban J connectivity index is 1.88. The first-order chi connectivity index (χ1) is 11.1. The predicted octanol–water partition coefficient (Wildman–Crippen LogP) is 0.473. The van der Waals surface area contributed by atoms with Crippen LogP contribution in [0.25, 0.3) is 11.2 Å². The molecule has 3 aromatic rings. The Bertz CT molecular complexity index is 950. The van der Waals surface area contributed by atoms with Gasteiger partial charge < -0.3 is 10.3 Å². The van der Waals surface area contributed by atoms with Crippen molar-refractivity contribution in [2.24, 2.45) is 0 Å². The number of carbonyl (C=O) groups is 2. The van der Waals surface area contributed by atoms with Crippen LogP contribution in [-0.2, 0) is 0 Å². The number of nitrogens with one attached hydrogen (secondary N) is 2. The minimum atomic E-state index is -0.479. The Labute approximate surface area is 132 Å². The SMILES string of the molecule is CC(NC(=O)c1ncnc2[nH]c(=O)cnc12)c1ncc(C=O)s1. The molecule has 3 rings (SSSR count). The highest BCUT2D eigenvalue weighted by molar-refractivity contribution is 7.13. The minimum Gasteiger partial charge on any atom is -0.342 e. The molecule has 116 valence electrons. The van der Waals surface area contributed by atoms with E-state index in [-0.39, 0.29) is 16.9 Å². The molecule has 1 atom stereocenters. The molecule has 0 aromatic carbocycles. The van der Waals surface area contributed by atoms with E-state index in [1.165, 1.54) is 23.9 Å². The van der Waals surface area contributed by atoms with E-state index >= 15 is 0 Å². The highest BCUT2D eigenvalue weighted by atomic mass is 32.1. The Morgan fingerprint density at radius 2 is 2.13 bits per heavy atom. The smallest absolute Gasteiger partial charge is 0.272 e. The van der Waals surface area contributed by atoms with Crippen LogP contribution in [0.3, 0.4) is 0 Å². The van der Waals surface area contributed by atoms with Crippen LogP contribution in [0.15, 0.2) is 23.5 Å². The number of hydrogen-bond donors (Lipinski definition) is 2. The number of aldehydes is 1. The quantitative estimate of drug-likeness (QED) is 0.665. The van der Waals surface area contributed by atoms with E-state index in [4.69, 9.17) is 0 Å². The van der Waals surface area contributed by atoms with E-state index in [1.54, 1.807) is 6.92 Å². The summed E-state index contributed by atoms with van der Waals surface area (Å²) in [5.41, 5.74) is 0.0117. The number of aromatic nitrogens is 5. The van der Waals surface area contributed by atoms with Crippen molar-refractivity contribution < 1.29 is 9.59 Å². The fourth-order valence-electron chi connectivity index (χ4n) is 1.91. The van der Waals surface area contributed by atoms with E-state index in [0.717, 1.165) is 6.20 Å². The molecule has 1 amide bonds. The van der Waals surface area contributed by atoms with Gasteiger partial charge in [0.2, 0.25) is 0 Å². The van der Waals surface area contributed by atoms with Crippen LogP contribution in [0.5, 0.6) is 0 Å². The Kier molecular flexibility index (Phi) is 3.89. The fourth-order valence-corrected chi connectivity index (χ4v) is 2.65. The zero-order valence-corrected chi connectivity index (χ0v) is 12.6. The van der Waals surface area contributed by atoms with Crippen molar-refractivity contribution in [1.29, 1.82) is 0 Å². The number of rotatable bonds is 4. The molecule has 0 saturated carbocycles. The zero-order chi connectivity index (χ0) is 16.4. The highest BCUT2D eigenvalue weighted by Gasteiger charge is 2.18. The first-order valence-corrected chi connectivity index (χ1v) is 7.32. The van der Waals surface area contributed by atoms with Crippen molar-refractivity contribution in [1.82, 2.24) is 30.2 Å². The summed E-state index contributed by atoms with van der Waals surface area (Å²) in [7, 11) is 0. The number of amides is 1. The molecule has 10 heteroatoms. The maximum atomic E-state index is 12.4. The zero-order valence-electron chi connectivity index (χ0n) is 11.8. The summed E-state index contributed by atoms with van der Waals surface area (Å²) in [6.45, 7) is 1.74. The third kappa shape index (κ3) is 2.97. The number of aromatic amines is 1. The number of thiazole rings is 1. The van der Waals surface area contributed by atoms with E-state index < -0.39 is 17.5 Å². The molecule has 9 nitrogen and oxygen atoms in total. The third-order valence-corrected chi connectivity index (χ3v) is 4.07. The molecule has 0 aliphatic rings. The maximum absolute atomic E-state index is 12.4. The number of carbonyl (C=O) groups excluding carboxylic acids is 2. The summed E-state index contributed by atoms with van der Waals surface area (Å²) in [6.07, 6.45) is 4.38. The summed E-state index contributed by atoms with van der Waals surface area (Å²) in [4.78, 5) is 53.1. The van der Waals surface area contributed by atoms with E-state index in [1.807, 2.05) is 0 Å². The highest BCUT2D eigenvalue weighted by Crippen LogP contribution is 2.19. The minimum absolute atomic E-state index is 0.0465. The van der Waals surface area contributed by atoms with Gasteiger partial charge >= 0.3 is 0 Å². The van der Waals surface area contributed by atoms with Crippen LogP contribution in [0.4, 0.5) is 0 Å². The van der Waals surface area contributed by atoms with Gasteiger partial charge in [-0.3, -0.25) is 14.4 Å². The second-order valence-electron chi connectivity index (χ2n) is 4.58. The predicted molar refractivity (Wildman–Crippen MR) is 81.3 cm³/mol. The van der Waals surface area contributed by atoms with Crippen LogP contribution in [0.2, 0.25) is 0 Å². The summed E-state index contributed by atoms with van der Waals surface area (Å²) in [5, 5.41) is 3.32. The molecule has 3 heterocycles. The van der Waals surface area contributed by atoms with Crippen molar-refractivity contribution in [3.8, 4) is 0 Å². The van der Waals surface area contributed by atoms with Gasteiger partial charge in [-0.15, -0.1) is 11.3 Å². The first kappa shape index (κ1) is 14.9. The largest absolute Gasteiger partial charge is 0.342 e. The fraction of sp³-hybridized carbons (Fsp3) is 0.154. The molecular formula is C13H10N6O3S. The number of H-pyrrole nitrogens is 1. The van der Waals surface area contributed by atoms with Gasteiger partial charge in [-0.25, -0.2) is 19.9 Å². The van der Waals surface area contributed by atoms with E-state index in [2.05, 4.69) is 30.2 Å². The van der Waals surface area contributed by atoms with Crippen LogP contribution in [0.1, 0.15) is 38.1 Å². The Morgan fingerprint density at radius 1 is 1.30 bits per heavy atom. The first-order valence-electron chi connectivity index (χ1n) is 6.50. The maximum Gasteiger partial charge on any atom is 0.272 e. The monoisotopic (exact) mass is 330 g/mol. The van der Waals surface area contributed by atoms with Crippen LogP contribution < -0.4 is 10.9 Å². The lowest BCUT2D eigenvalue weighted by Gasteiger charge is -2.11. The normalized spacial score (nSPS) is 12.0. The Morgan fingerprint density at radius 3 is 2.87 bits per heavy atom. The van der Waals surface area contributed by atoms with Gasteiger partial charge in [0.25, 0.3) is 11.5 Å². The molecule has 0 radical (unpaired) electrons. The lowest BCUT2D eigenvalue weighted by atomic mass is 10.3. The molecular weight excluding hydrogens is 320 g/mol. The van der Waals surface area contributed by atoms with Crippen molar-refractivity contribution in [2.45, 2.75) is 13.0 Å². The molecule has 0 bridgehead atoms. The van der Waals surface area contributed by atoms with Crippen LogP contribution in [-0.4, -0.2) is 37.1 Å². The van der Waals surface area contributed by atoms with Crippen LogP contribution in [0, 0.1) is 0 Å². The molecule has 2 N–H and O–H groups in total. The molecule has 0 aliphatic carbocycles. The van der Waals surface area contributed by atoms with Gasteiger partial charge in [-0.05, 0) is 6.92 Å². The van der Waals surface area contributed by atoms with Gasteiger partial charge in [0.05, 0.1) is 17.1 Å². The average molecular weight is 330 g/mol. The average Bonchev–Trinajstić information content (AvgIpc) is 3.03. The molecule has 0 saturated heterocycles. The van der Waals surface area contributed by atoms with Gasteiger partial charge in [0.15, 0.2) is 17.6 Å². The molecule has 0 fully saturated rings. The van der Waals surface area contributed by atoms with Crippen molar-refractivity contribution >= 4 is 34.7 Å². The second-order valence-corrected chi connectivity index (χ2v) is 5.67. The van der Waals surface area contributed by atoms with E-state index in [9.17, 15) is 14.4 Å². The molecule has 1 unspecified atom stereocenters. The number of hydrogen-bond acceptors (Lipinski definition) is 8. The van der Waals surface area contributed by atoms with Gasteiger partial charge in [0, 0.05) is 6.20 Å². The van der Waals surface area contributed by atoms with Crippen molar-refractivity contribution in [2.75, 3.05) is 0 Å².